The fourth-order valence-corrected chi connectivity index (χ4v) is 3.75. The predicted molar refractivity (Wildman–Crippen MR) is 116 cm³/mol. The van der Waals surface area contributed by atoms with Gasteiger partial charge in [0.25, 0.3) is 5.91 Å². The number of benzene rings is 2. The number of carbonyl (C=O) groups excluding carboxylic acids is 1. The molecular weight excluding hydrogens is 404 g/mol. The largest absolute Gasteiger partial charge is 0.497 e. The lowest BCUT2D eigenvalue weighted by Crippen LogP contribution is -2.10. The molecule has 0 aliphatic rings. The molecule has 0 atom stereocenters. The first-order chi connectivity index (χ1) is 14.6. The summed E-state index contributed by atoms with van der Waals surface area (Å²) in [5.41, 5.74) is 2.05. The molecule has 0 fully saturated rings. The van der Waals surface area contributed by atoms with Crippen molar-refractivity contribution in [2.45, 2.75) is 6.92 Å². The number of carbonyl (C=O) groups is 1. The molecule has 2 heterocycles. The number of methoxy groups -OCH3 is 2. The molecule has 0 saturated heterocycles. The number of nitrogens with one attached hydrogen (secondary N) is 1. The first-order valence-corrected chi connectivity index (χ1v) is 10.2. The number of thiazole rings is 1. The van der Waals surface area contributed by atoms with Gasteiger partial charge in [-0.15, -0.1) is 11.3 Å². The fraction of sp³-hybridized carbons (Fsp3) is 0.182. The average molecular weight is 424 g/mol. The van der Waals surface area contributed by atoms with E-state index in [-0.39, 0.29) is 11.7 Å². The van der Waals surface area contributed by atoms with Crippen molar-refractivity contribution in [2.75, 3.05) is 26.1 Å². The van der Waals surface area contributed by atoms with E-state index in [1.165, 1.54) is 11.3 Å². The van der Waals surface area contributed by atoms with Crippen molar-refractivity contribution < 1.29 is 23.4 Å². The lowest BCUT2D eigenvalue weighted by molar-refractivity contribution is 0.0998. The third-order valence-corrected chi connectivity index (χ3v) is 5.20. The highest BCUT2D eigenvalue weighted by Crippen LogP contribution is 2.35. The monoisotopic (exact) mass is 424 g/mol. The first kappa shape index (κ1) is 19.8. The number of ether oxygens (including phenoxy) is 3. The van der Waals surface area contributed by atoms with Gasteiger partial charge in [-0.25, -0.2) is 4.98 Å². The molecule has 2 aromatic heterocycles. The number of amides is 1. The molecule has 30 heavy (non-hydrogen) atoms. The maximum Gasteiger partial charge on any atom is 0.293 e. The molecule has 0 aliphatic carbocycles. The first-order valence-electron chi connectivity index (χ1n) is 9.27. The smallest absolute Gasteiger partial charge is 0.293 e. The van der Waals surface area contributed by atoms with Crippen LogP contribution < -0.4 is 19.5 Å². The van der Waals surface area contributed by atoms with Crippen LogP contribution in [0.4, 0.5) is 5.13 Å². The molecule has 154 valence electrons. The van der Waals surface area contributed by atoms with Gasteiger partial charge in [-0.2, -0.15) is 0 Å². The van der Waals surface area contributed by atoms with Crippen LogP contribution in [0.3, 0.4) is 0 Å². The van der Waals surface area contributed by atoms with Crippen LogP contribution in [0.5, 0.6) is 17.2 Å². The zero-order valence-corrected chi connectivity index (χ0v) is 17.5. The number of aromatic nitrogens is 1. The Morgan fingerprint density at radius 2 is 2.00 bits per heavy atom. The summed E-state index contributed by atoms with van der Waals surface area (Å²) in [7, 11) is 3.19. The quantitative estimate of drug-likeness (QED) is 0.438. The molecule has 2 aromatic carbocycles. The Morgan fingerprint density at radius 1 is 1.13 bits per heavy atom. The fourth-order valence-electron chi connectivity index (χ4n) is 3.04. The van der Waals surface area contributed by atoms with Gasteiger partial charge >= 0.3 is 0 Å². The van der Waals surface area contributed by atoms with Gasteiger partial charge in [0.15, 0.2) is 22.2 Å². The van der Waals surface area contributed by atoms with Crippen molar-refractivity contribution in [2.24, 2.45) is 0 Å². The van der Waals surface area contributed by atoms with Crippen molar-refractivity contribution in [1.82, 2.24) is 4.98 Å². The maximum absolute atomic E-state index is 12.7. The van der Waals surface area contributed by atoms with Crippen LogP contribution in [0, 0.1) is 0 Å². The highest BCUT2D eigenvalue weighted by molar-refractivity contribution is 7.14. The van der Waals surface area contributed by atoms with Gasteiger partial charge in [0, 0.05) is 22.4 Å². The molecule has 0 radical (unpaired) electrons. The van der Waals surface area contributed by atoms with E-state index in [4.69, 9.17) is 18.6 Å². The van der Waals surface area contributed by atoms with E-state index in [1.54, 1.807) is 26.4 Å². The van der Waals surface area contributed by atoms with Crippen LogP contribution in [-0.4, -0.2) is 31.7 Å². The van der Waals surface area contributed by atoms with Crippen LogP contribution >= 0.6 is 11.3 Å². The Kier molecular flexibility index (Phi) is 5.58. The summed E-state index contributed by atoms with van der Waals surface area (Å²) < 4.78 is 22.0. The number of hydrogen-bond donors (Lipinski definition) is 1. The van der Waals surface area contributed by atoms with E-state index in [2.05, 4.69) is 10.3 Å². The average Bonchev–Trinajstić information content (AvgIpc) is 3.41. The van der Waals surface area contributed by atoms with Crippen molar-refractivity contribution in [3.05, 3.63) is 53.6 Å². The minimum atomic E-state index is -0.378. The molecule has 7 nitrogen and oxygen atoms in total. The van der Waals surface area contributed by atoms with Gasteiger partial charge in [-0.05, 0) is 31.2 Å². The minimum Gasteiger partial charge on any atom is -0.497 e. The van der Waals surface area contributed by atoms with E-state index in [9.17, 15) is 4.79 Å². The standard InChI is InChI=1S/C22H20N2O5S/c1-4-28-17-7-5-6-13-10-19(29-20(13)17)21(25)24-22-23-16(12-30-22)15-9-8-14(26-2)11-18(15)27-3/h5-12H,4H2,1-3H3,(H,23,24,25). The SMILES string of the molecule is CCOc1cccc2cc(C(=O)Nc3nc(-c4ccc(OC)cc4OC)cs3)oc12. The second-order valence-electron chi connectivity index (χ2n) is 6.28. The van der Waals surface area contributed by atoms with Crippen molar-refractivity contribution in [3.8, 4) is 28.5 Å². The highest BCUT2D eigenvalue weighted by atomic mass is 32.1. The predicted octanol–water partition coefficient (Wildman–Crippen LogP) is 5.22. The molecule has 1 N–H and O–H groups in total. The lowest BCUT2D eigenvalue weighted by atomic mass is 10.1. The molecule has 4 rings (SSSR count). The molecule has 0 aliphatic heterocycles. The molecule has 0 spiro atoms. The topological polar surface area (TPSA) is 82.8 Å². The van der Waals surface area contributed by atoms with Gasteiger partial charge in [0.05, 0.1) is 26.5 Å². The summed E-state index contributed by atoms with van der Waals surface area (Å²) in [6, 6.07) is 12.7. The molecule has 0 unspecified atom stereocenters. The third kappa shape index (κ3) is 3.81. The van der Waals surface area contributed by atoms with E-state index >= 15 is 0 Å². The van der Waals surface area contributed by atoms with Crippen molar-refractivity contribution in [3.63, 3.8) is 0 Å². The van der Waals surface area contributed by atoms with Gasteiger partial charge in [-0.3, -0.25) is 10.1 Å². The van der Waals surface area contributed by atoms with Gasteiger partial charge in [0.2, 0.25) is 0 Å². The Bertz CT molecular complexity index is 1200. The summed E-state index contributed by atoms with van der Waals surface area (Å²) in [6.07, 6.45) is 0. The molecule has 0 saturated carbocycles. The summed E-state index contributed by atoms with van der Waals surface area (Å²) in [5, 5.41) is 5.90. The van der Waals surface area contributed by atoms with E-state index in [0.29, 0.717) is 40.3 Å². The van der Waals surface area contributed by atoms with Gasteiger partial charge < -0.3 is 18.6 Å². The van der Waals surface area contributed by atoms with E-state index < -0.39 is 0 Å². The van der Waals surface area contributed by atoms with Crippen LogP contribution in [0.15, 0.2) is 52.3 Å². The van der Waals surface area contributed by atoms with Crippen LogP contribution in [0.1, 0.15) is 17.5 Å². The Morgan fingerprint density at radius 3 is 2.77 bits per heavy atom. The van der Waals surface area contributed by atoms with Crippen molar-refractivity contribution in [1.29, 1.82) is 0 Å². The normalized spacial score (nSPS) is 10.8. The number of fused-ring (bicyclic) bond motifs is 1. The summed E-state index contributed by atoms with van der Waals surface area (Å²) >= 11 is 1.32. The second kappa shape index (κ2) is 8.46. The molecule has 4 aromatic rings. The number of rotatable bonds is 7. The van der Waals surface area contributed by atoms with Gasteiger partial charge in [-0.1, -0.05) is 12.1 Å². The Hall–Kier alpha value is -3.52. The molecule has 8 heteroatoms. The Labute approximate surface area is 177 Å². The number of hydrogen-bond acceptors (Lipinski definition) is 7. The summed E-state index contributed by atoms with van der Waals surface area (Å²) in [5.74, 6) is 1.75. The Balaban J connectivity index is 1.56. The minimum absolute atomic E-state index is 0.191. The third-order valence-electron chi connectivity index (χ3n) is 4.44. The zero-order valence-electron chi connectivity index (χ0n) is 16.7. The van der Waals surface area contributed by atoms with Gasteiger partial charge in [0.1, 0.15) is 11.5 Å². The number of furan rings is 1. The molecule has 1 amide bonds. The lowest BCUT2D eigenvalue weighted by Gasteiger charge is -2.08. The van der Waals surface area contributed by atoms with Crippen LogP contribution in [-0.2, 0) is 0 Å². The second-order valence-corrected chi connectivity index (χ2v) is 7.13. The summed E-state index contributed by atoms with van der Waals surface area (Å²) in [6.45, 7) is 2.41. The van der Waals surface area contributed by atoms with E-state index in [0.717, 1.165) is 10.9 Å². The van der Waals surface area contributed by atoms with Crippen LogP contribution in [0.25, 0.3) is 22.2 Å². The summed E-state index contributed by atoms with van der Waals surface area (Å²) in [4.78, 5) is 17.2. The van der Waals surface area contributed by atoms with E-state index in [1.807, 2.05) is 42.6 Å². The number of nitrogens with zero attached hydrogens (tertiary/aromatic N) is 1. The van der Waals surface area contributed by atoms with Crippen LogP contribution in [0.2, 0.25) is 0 Å². The number of anilines is 1. The van der Waals surface area contributed by atoms with Crippen molar-refractivity contribution >= 4 is 33.3 Å². The zero-order chi connectivity index (χ0) is 21.1. The molecule has 0 bridgehead atoms. The maximum atomic E-state index is 12.7. The number of para-hydroxylation sites is 1. The molecular formula is C22H20N2O5S. The highest BCUT2D eigenvalue weighted by Gasteiger charge is 2.17.